The van der Waals surface area contributed by atoms with Crippen molar-refractivity contribution in [2.75, 3.05) is 26.3 Å². The number of carbonyl (C=O) groups excluding carboxylic acids is 1. The normalized spacial score (nSPS) is 25.5. The summed E-state index contributed by atoms with van der Waals surface area (Å²) in [7, 11) is 0. The van der Waals surface area contributed by atoms with Crippen molar-refractivity contribution in [1.82, 2.24) is 10.2 Å². The Balaban J connectivity index is 1.52. The van der Waals surface area contributed by atoms with E-state index in [0.29, 0.717) is 12.5 Å². The van der Waals surface area contributed by atoms with Crippen LogP contribution < -0.4 is 5.32 Å². The second kappa shape index (κ2) is 8.79. The summed E-state index contributed by atoms with van der Waals surface area (Å²) in [5.41, 5.74) is 1.27. The molecule has 2 fully saturated rings. The molecule has 0 spiro atoms. The molecule has 1 aromatic rings. The summed E-state index contributed by atoms with van der Waals surface area (Å²) in [5.74, 6) is 0.703. The molecular formula is C20H30N2O3. The van der Waals surface area contributed by atoms with Crippen LogP contribution in [-0.2, 0) is 16.1 Å². The highest BCUT2D eigenvalue weighted by Gasteiger charge is 2.31. The largest absolute Gasteiger partial charge is 0.396 e. The minimum atomic E-state index is -0.426. The predicted molar refractivity (Wildman–Crippen MR) is 97.0 cm³/mol. The van der Waals surface area contributed by atoms with Crippen LogP contribution in [0.1, 0.15) is 31.7 Å². The first-order chi connectivity index (χ1) is 12.2. The average molecular weight is 346 g/mol. The lowest BCUT2D eigenvalue weighted by atomic mass is 9.91. The standard InChI is InChI=1S/C20H30N2O3/c1-15(25-14-17-7-8-17)20(24)21-19-12-22(10-9-18(19)13-23)11-16-5-3-2-4-6-16/h2-6,15,17-19,23H,7-14H2,1H3,(H,21,24). The van der Waals surface area contributed by atoms with E-state index in [1.54, 1.807) is 0 Å². The van der Waals surface area contributed by atoms with Crippen LogP contribution in [0.3, 0.4) is 0 Å². The van der Waals surface area contributed by atoms with Gasteiger partial charge in [0.05, 0.1) is 6.61 Å². The number of nitrogens with one attached hydrogen (secondary N) is 1. The average Bonchev–Trinajstić information content (AvgIpc) is 3.45. The lowest BCUT2D eigenvalue weighted by Gasteiger charge is -2.38. The fraction of sp³-hybridized carbons (Fsp3) is 0.650. The topological polar surface area (TPSA) is 61.8 Å². The predicted octanol–water partition coefficient (Wildman–Crippen LogP) is 1.80. The van der Waals surface area contributed by atoms with Crippen molar-refractivity contribution in [3.05, 3.63) is 35.9 Å². The number of hydrogen-bond donors (Lipinski definition) is 2. The summed E-state index contributed by atoms with van der Waals surface area (Å²) in [6, 6.07) is 10.3. The number of rotatable bonds is 8. The van der Waals surface area contributed by atoms with Crippen LogP contribution in [0.15, 0.2) is 30.3 Å². The van der Waals surface area contributed by atoms with Crippen molar-refractivity contribution in [1.29, 1.82) is 0 Å². The van der Waals surface area contributed by atoms with Crippen LogP contribution in [-0.4, -0.2) is 54.4 Å². The SMILES string of the molecule is CC(OCC1CC1)C(=O)NC1CN(Cc2ccccc2)CCC1CO. The molecule has 1 aromatic carbocycles. The summed E-state index contributed by atoms with van der Waals surface area (Å²) < 4.78 is 5.67. The summed E-state index contributed by atoms with van der Waals surface area (Å²) in [6.45, 7) is 5.20. The smallest absolute Gasteiger partial charge is 0.249 e. The number of aliphatic hydroxyl groups is 1. The molecule has 0 radical (unpaired) electrons. The molecule has 25 heavy (non-hydrogen) atoms. The summed E-state index contributed by atoms with van der Waals surface area (Å²) >= 11 is 0. The van der Waals surface area contributed by atoms with E-state index in [1.807, 2.05) is 25.1 Å². The first kappa shape index (κ1) is 18.4. The number of aliphatic hydroxyl groups excluding tert-OH is 1. The molecule has 0 aromatic heterocycles. The fourth-order valence-corrected chi connectivity index (χ4v) is 3.38. The Bertz CT molecular complexity index is 547. The van der Waals surface area contributed by atoms with E-state index in [2.05, 4.69) is 22.3 Å². The Labute approximate surface area is 150 Å². The van der Waals surface area contributed by atoms with Gasteiger partial charge in [-0.15, -0.1) is 0 Å². The van der Waals surface area contributed by atoms with Gasteiger partial charge in [-0.3, -0.25) is 9.69 Å². The zero-order chi connectivity index (χ0) is 17.6. The van der Waals surface area contributed by atoms with E-state index < -0.39 is 6.10 Å². The summed E-state index contributed by atoms with van der Waals surface area (Å²) in [4.78, 5) is 14.8. The molecule has 1 aliphatic heterocycles. The number of benzene rings is 1. The Kier molecular flexibility index (Phi) is 6.45. The lowest BCUT2D eigenvalue weighted by Crippen LogP contribution is -2.55. The number of nitrogens with zero attached hydrogens (tertiary/aromatic N) is 1. The van der Waals surface area contributed by atoms with Crippen LogP contribution in [0.5, 0.6) is 0 Å². The van der Waals surface area contributed by atoms with Gasteiger partial charge in [0.1, 0.15) is 6.10 Å². The minimum Gasteiger partial charge on any atom is -0.396 e. The molecule has 3 atom stereocenters. The van der Waals surface area contributed by atoms with Crippen LogP contribution >= 0.6 is 0 Å². The molecule has 2 aliphatic rings. The lowest BCUT2D eigenvalue weighted by molar-refractivity contribution is -0.133. The zero-order valence-electron chi connectivity index (χ0n) is 15.1. The molecule has 1 saturated heterocycles. The third kappa shape index (κ3) is 5.53. The quantitative estimate of drug-likeness (QED) is 0.753. The zero-order valence-corrected chi connectivity index (χ0v) is 15.1. The Hall–Kier alpha value is -1.43. The number of amides is 1. The molecule has 3 unspecified atom stereocenters. The Morgan fingerprint density at radius 3 is 2.76 bits per heavy atom. The number of hydrogen-bond acceptors (Lipinski definition) is 4. The van der Waals surface area contributed by atoms with Gasteiger partial charge in [-0.1, -0.05) is 30.3 Å². The molecule has 5 heteroatoms. The molecule has 1 aliphatic carbocycles. The third-order valence-corrected chi connectivity index (χ3v) is 5.30. The number of carbonyl (C=O) groups is 1. The summed E-state index contributed by atoms with van der Waals surface area (Å²) in [6.07, 6.45) is 2.91. The van der Waals surface area contributed by atoms with Crippen molar-refractivity contribution < 1.29 is 14.6 Å². The third-order valence-electron chi connectivity index (χ3n) is 5.30. The molecule has 2 N–H and O–H groups in total. The first-order valence-electron chi connectivity index (χ1n) is 9.45. The van der Waals surface area contributed by atoms with Crippen molar-refractivity contribution in [3.63, 3.8) is 0 Å². The second-order valence-electron chi connectivity index (χ2n) is 7.49. The van der Waals surface area contributed by atoms with E-state index in [4.69, 9.17) is 4.74 Å². The molecule has 1 amide bonds. The van der Waals surface area contributed by atoms with E-state index in [9.17, 15) is 9.90 Å². The van der Waals surface area contributed by atoms with Gasteiger partial charge < -0.3 is 15.2 Å². The maximum Gasteiger partial charge on any atom is 0.249 e. The first-order valence-corrected chi connectivity index (χ1v) is 9.45. The summed E-state index contributed by atoms with van der Waals surface area (Å²) in [5, 5.41) is 12.8. The molecule has 5 nitrogen and oxygen atoms in total. The van der Waals surface area contributed by atoms with Crippen molar-refractivity contribution >= 4 is 5.91 Å². The van der Waals surface area contributed by atoms with Gasteiger partial charge in [0, 0.05) is 31.7 Å². The van der Waals surface area contributed by atoms with Crippen molar-refractivity contribution in [2.24, 2.45) is 11.8 Å². The maximum atomic E-state index is 12.4. The number of ether oxygens (including phenoxy) is 1. The molecule has 1 saturated carbocycles. The van der Waals surface area contributed by atoms with Gasteiger partial charge in [0.2, 0.25) is 5.91 Å². The monoisotopic (exact) mass is 346 g/mol. The van der Waals surface area contributed by atoms with Gasteiger partial charge in [-0.05, 0) is 44.2 Å². The van der Waals surface area contributed by atoms with E-state index in [1.165, 1.54) is 18.4 Å². The number of piperidine rings is 1. The van der Waals surface area contributed by atoms with Gasteiger partial charge in [-0.2, -0.15) is 0 Å². The Morgan fingerprint density at radius 1 is 1.32 bits per heavy atom. The highest BCUT2D eigenvalue weighted by molar-refractivity contribution is 5.80. The van der Waals surface area contributed by atoms with E-state index in [-0.39, 0.29) is 24.5 Å². The van der Waals surface area contributed by atoms with E-state index >= 15 is 0 Å². The van der Waals surface area contributed by atoms with Crippen molar-refractivity contribution in [2.45, 2.75) is 44.9 Å². The number of likely N-dealkylation sites (tertiary alicyclic amines) is 1. The van der Waals surface area contributed by atoms with Crippen LogP contribution in [0.25, 0.3) is 0 Å². The van der Waals surface area contributed by atoms with Crippen LogP contribution in [0.2, 0.25) is 0 Å². The van der Waals surface area contributed by atoms with Gasteiger partial charge in [-0.25, -0.2) is 0 Å². The van der Waals surface area contributed by atoms with Gasteiger partial charge in [0.15, 0.2) is 0 Å². The van der Waals surface area contributed by atoms with Gasteiger partial charge >= 0.3 is 0 Å². The Morgan fingerprint density at radius 2 is 2.08 bits per heavy atom. The molecule has 3 rings (SSSR count). The molecule has 1 heterocycles. The maximum absolute atomic E-state index is 12.4. The fourth-order valence-electron chi connectivity index (χ4n) is 3.38. The van der Waals surface area contributed by atoms with Gasteiger partial charge in [0.25, 0.3) is 0 Å². The van der Waals surface area contributed by atoms with Crippen LogP contribution in [0, 0.1) is 11.8 Å². The highest BCUT2D eigenvalue weighted by atomic mass is 16.5. The highest BCUT2D eigenvalue weighted by Crippen LogP contribution is 2.29. The second-order valence-corrected chi connectivity index (χ2v) is 7.49. The van der Waals surface area contributed by atoms with Crippen molar-refractivity contribution in [3.8, 4) is 0 Å². The van der Waals surface area contributed by atoms with E-state index in [0.717, 1.165) is 26.1 Å². The van der Waals surface area contributed by atoms with Crippen LogP contribution in [0.4, 0.5) is 0 Å². The molecule has 0 bridgehead atoms. The minimum absolute atomic E-state index is 0.0260. The molecular weight excluding hydrogens is 316 g/mol. The molecule has 138 valence electrons.